The molecule has 1 heterocycles. The molecule has 1 aromatic carbocycles. The Morgan fingerprint density at radius 1 is 1.05 bits per heavy atom. The molecular formula is C13H18O7. The number of rotatable bonds is 4. The molecule has 0 aliphatic carbocycles. The van der Waals surface area contributed by atoms with E-state index in [0.29, 0.717) is 5.56 Å². The fourth-order valence-corrected chi connectivity index (χ4v) is 2.01. The van der Waals surface area contributed by atoms with Crippen LogP contribution in [0.1, 0.15) is 5.56 Å². The second-order valence-corrected chi connectivity index (χ2v) is 4.64. The van der Waals surface area contributed by atoms with E-state index < -0.39 is 37.3 Å². The third-order valence-electron chi connectivity index (χ3n) is 3.24. The molecule has 0 saturated carbocycles. The van der Waals surface area contributed by atoms with E-state index >= 15 is 0 Å². The number of aliphatic hydroxyl groups excluding tert-OH is 4. The van der Waals surface area contributed by atoms with Crippen molar-refractivity contribution in [2.75, 3.05) is 6.61 Å². The van der Waals surface area contributed by atoms with Gasteiger partial charge in [0.2, 0.25) is 0 Å². The molecule has 1 aromatic rings. The maximum absolute atomic E-state index is 9.76. The Bertz CT molecular complexity index is 436. The van der Waals surface area contributed by atoms with Crippen LogP contribution in [0, 0.1) is 0 Å². The van der Waals surface area contributed by atoms with Crippen molar-refractivity contribution in [3.8, 4) is 5.75 Å². The van der Waals surface area contributed by atoms with E-state index in [9.17, 15) is 20.4 Å². The average molecular weight is 286 g/mol. The van der Waals surface area contributed by atoms with Crippen molar-refractivity contribution in [3.05, 3.63) is 29.8 Å². The zero-order valence-electron chi connectivity index (χ0n) is 10.7. The van der Waals surface area contributed by atoms with Gasteiger partial charge in [0.25, 0.3) is 0 Å². The molecule has 7 nitrogen and oxygen atoms in total. The van der Waals surface area contributed by atoms with E-state index in [-0.39, 0.29) is 12.4 Å². The number of phenolic OH excluding ortho intramolecular Hbond substituents is 1. The van der Waals surface area contributed by atoms with Gasteiger partial charge in [-0.25, -0.2) is 0 Å². The standard InChI is InChI=1S/C13H18O7/c14-5-9-10(16)11(17)12(18)13(20-9)19-6-7-3-1-2-4-8(7)15/h1-4,9-18H,5-6H2. The predicted molar refractivity (Wildman–Crippen MR) is 66.7 cm³/mol. The van der Waals surface area contributed by atoms with E-state index in [2.05, 4.69) is 0 Å². The summed E-state index contributed by atoms with van der Waals surface area (Å²) in [5.74, 6) is 0.0390. The van der Waals surface area contributed by atoms with Crippen LogP contribution >= 0.6 is 0 Å². The molecule has 1 aliphatic heterocycles. The van der Waals surface area contributed by atoms with E-state index in [1.54, 1.807) is 18.2 Å². The van der Waals surface area contributed by atoms with Crippen LogP contribution in [0.25, 0.3) is 0 Å². The summed E-state index contributed by atoms with van der Waals surface area (Å²) >= 11 is 0. The van der Waals surface area contributed by atoms with Gasteiger partial charge < -0.3 is 35.0 Å². The van der Waals surface area contributed by atoms with E-state index in [4.69, 9.17) is 14.6 Å². The fourth-order valence-electron chi connectivity index (χ4n) is 2.01. The minimum Gasteiger partial charge on any atom is -0.508 e. The molecule has 5 atom stereocenters. The third-order valence-corrected chi connectivity index (χ3v) is 3.24. The lowest BCUT2D eigenvalue weighted by molar-refractivity contribution is -0.304. The van der Waals surface area contributed by atoms with Gasteiger partial charge in [-0.3, -0.25) is 0 Å². The summed E-state index contributed by atoms with van der Waals surface area (Å²) in [5, 5.41) is 47.6. The lowest BCUT2D eigenvalue weighted by Crippen LogP contribution is -2.59. The molecular weight excluding hydrogens is 268 g/mol. The average Bonchev–Trinajstić information content (AvgIpc) is 2.46. The van der Waals surface area contributed by atoms with Crippen LogP contribution < -0.4 is 0 Å². The number of hydrogen-bond acceptors (Lipinski definition) is 7. The predicted octanol–water partition coefficient (Wildman–Crippen LogP) is -1.29. The lowest BCUT2D eigenvalue weighted by atomic mass is 9.99. The van der Waals surface area contributed by atoms with Crippen LogP contribution in [0.3, 0.4) is 0 Å². The Kier molecular flexibility index (Phi) is 4.92. The van der Waals surface area contributed by atoms with Crippen LogP contribution in [0.15, 0.2) is 24.3 Å². The van der Waals surface area contributed by atoms with Gasteiger partial charge in [0.05, 0.1) is 13.2 Å². The Hall–Kier alpha value is -1.22. The normalized spacial score (nSPS) is 34.1. The van der Waals surface area contributed by atoms with E-state index in [1.807, 2.05) is 0 Å². The topological polar surface area (TPSA) is 120 Å². The highest BCUT2D eigenvalue weighted by atomic mass is 16.7. The van der Waals surface area contributed by atoms with Crippen LogP contribution in [0.2, 0.25) is 0 Å². The highest BCUT2D eigenvalue weighted by Crippen LogP contribution is 2.24. The Labute approximate surface area is 115 Å². The first-order chi connectivity index (χ1) is 9.54. The molecule has 0 spiro atoms. The van der Waals surface area contributed by atoms with Gasteiger partial charge in [-0.15, -0.1) is 0 Å². The van der Waals surface area contributed by atoms with Crippen LogP contribution in [-0.2, 0) is 16.1 Å². The number of ether oxygens (including phenoxy) is 2. The monoisotopic (exact) mass is 286 g/mol. The first-order valence-corrected chi connectivity index (χ1v) is 6.23. The number of hydrogen-bond donors (Lipinski definition) is 5. The second kappa shape index (κ2) is 6.49. The van der Waals surface area contributed by atoms with Crippen molar-refractivity contribution >= 4 is 0 Å². The highest BCUT2D eigenvalue weighted by molar-refractivity contribution is 5.30. The van der Waals surface area contributed by atoms with Gasteiger partial charge in [-0.1, -0.05) is 18.2 Å². The van der Waals surface area contributed by atoms with Gasteiger partial charge in [0.15, 0.2) is 6.29 Å². The quantitative estimate of drug-likeness (QED) is 0.467. The largest absolute Gasteiger partial charge is 0.508 e. The fraction of sp³-hybridized carbons (Fsp3) is 0.538. The van der Waals surface area contributed by atoms with Crippen molar-refractivity contribution in [3.63, 3.8) is 0 Å². The highest BCUT2D eigenvalue weighted by Gasteiger charge is 2.43. The van der Waals surface area contributed by atoms with E-state index in [1.165, 1.54) is 6.07 Å². The molecule has 1 saturated heterocycles. The molecule has 5 unspecified atom stereocenters. The van der Waals surface area contributed by atoms with Crippen molar-refractivity contribution in [2.45, 2.75) is 37.3 Å². The first kappa shape index (κ1) is 15.2. The van der Waals surface area contributed by atoms with Crippen LogP contribution in [0.5, 0.6) is 5.75 Å². The second-order valence-electron chi connectivity index (χ2n) is 4.64. The molecule has 20 heavy (non-hydrogen) atoms. The lowest BCUT2D eigenvalue weighted by Gasteiger charge is -2.39. The van der Waals surface area contributed by atoms with Gasteiger partial charge in [-0.05, 0) is 6.07 Å². The zero-order chi connectivity index (χ0) is 14.7. The van der Waals surface area contributed by atoms with Gasteiger partial charge in [0, 0.05) is 5.56 Å². The number of para-hydroxylation sites is 1. The number of aromatic hydroxyl groups is 1. The van der Waals surface area contributed by atoms with Gasteiger partial charge >= 0.3 is 0 Å². The van der Waals surface area contributed by atoms with Crippen molar-refractivity contribution < 1.29 is 35.0 Å². The number of aliphatic hydroxyl groups is 4. The molecule has 7 heteroatoms. The summed E-state index contributed by atoms with van der Waals surface area (Å²) in [6.45, 7) is -0.559. The smallest absolute Gasteiger partial charge is 0.187 e. The maximum Gasteiger partial charge on any atom is 0.187 e. The molecule has 2 rings (SSSR count). The minimum atomic E-state index is -1.48. The molecule has 0 aromatic heterocycles. The summed E-state index contributed by atoms with van der Waals surface area (Å²) in [6.07, 6.45) is -6.55. The summed E-state index contributed by atoms with van der Waals surface area (Å²) in [4.78, 5) is 0. The van der Waals surface area contributed by atoms with Crippen molar-refractivity contribution in [1.82, 2.24) is 0 Å². The van der Waals surface area contributed by atoms with Crippen LogP contribution in [-0.4, -0.2) is 62.8 Å². The summed E-state index contributed by atoms with van der Waals surface area (Å²) in [7, 11) is 0. The summed E-state index contributed by atoms with van der Waals surface area (Å²) in [6, 6.07) is 6.50. The molecule has 5 N–H and O–H groups in total. The maximum atomic E-state index is 9.76. The van der Waals surface area contributed by atoms with Crippen LogP contribution in [0.4, 0.5) is 0 Å². The zero-order valence-corrected chi connectivity index (χ0v) is 10.7. The van der Waals surface area contributed by atoms with Gasteiger partial charge in [0.1, 0.15) is 30.2 Å². The molecule has 1 aliphatic rings. The SMILES string of the molecule is OCC1OC(OCc2ccccc2O)C(O)C(O)C1O. The number of benzene rings is 1. The molecule has 0 amide bonds. The van der Waals surface area contributed by atoms with Crippen molar-refractivity contribution in [2.24, 2.45) is 0 Å². The van der Waals surface area contributed by atoms with Crippen molar-refractivity contribution in [1.29, 1.82) is 0 Å². The third kappa shape index (κ3) is 3.09. The number of phenols is 1. The molecule has 112 valence electrons. The Balaban J connectivity index is 2.00. The summed E-state index contributed by atoms with van der Waals surface area (Å²) < 4.78 is 10.5. The minimum absolute atomic E-state index is 0.0390. The molecule has 1 fully saturated rings. The summed E-state index contributed by atoms with van der Waals surface area (Å²) in [5.41, 5.74) is 0.490. The molecule has 0 radical (unpaired) electrons. The first-order valence-electron chi connectivity index (χ1n) is 6.23. The molecule has 0 bridgehead atoms. The Morgan fingerprint density at radius 3 is 2.40 bits per heavy atom. The van der Waals surface area contributed by atoms with Gasteiger partial charge in [-0.2, -0.15) is 0 Å². The Morgan fingerprint density at radius 2 is 1.75 bits per heavy atom. The van der Waals surface area contributed by atoms with E-state index in [0.717, 1.165) is 0 Å².